The van der Waals surface area contributed by atoms with E-state index in [1.165, 1.54) is 31.4 Å². The van der Waals surface area contributed by atoms with Gasteiger partial charge in [0, 0.05) is 61.2 Å². The minimum absolute atomic E-state index is 0.0324. The standard InChI is InChI=1S/C29H47N5O2/c1-29(2,3)28-31-25(21-5-4-6-21)19-26(32-28)34-15-13-33(14-16-34)12-11-20-17-23(18-20)30-27(36)22-7-9-24(35)10-8-22/h19-24,35H,4-18H2,1-3H3,(H,30,36)/t20-,22-,23+,24+. The molecule has 1 saturated heterocycles. The average molecular weight is 498 g/mol. The number of rotatable bonds is 7. The van der Waals surface area contributed by atoms with Gasteiger partial charge in [0.05, 0.1) is 6.10 Å². The van der Waals surface area contributed by atoms with Crippen molar-refractivity contribution in [2.24, 2.45) is 11.8 Å². The van der Waals surface area contributed by atoms with E-state index in [4.69, 9.17) is 9.97 Å². The topological polar surface area (TPSA) is 81.6 Å². The van der Waals surface area contributed by atoms with E-state index >= 15 is 0 Å². The lowest BCUT2D eigenvalue weighted by atomic mass is 9.77. The number of aliphatic hydroxyl groups excluding tert-OH is 1. The number of aliphatic hydroxyl groups is 1. The molecule has 7 heteroatoms. The largest absolute Gasteiger partial charge is 0.393 e. The van der Waals surface area contributed by atoms with E-state index in [1.807, 2.05) is 0 Å². The van der Waals surface area contributed by atoms with Crippen molar-refractivity contribution in [3.05, 3.63) is 17.6 Å². The van der Waals surface area contributed by atoms with Gasteiger partial charge in [-0.2, -0.15) is 0 Å². The van der Waals surface area contributed by atoms with Crippen LogP contribution in [0.15, 0.2) is 6.07 Å². The second kappa shape index (κ2) is 10.9. The van der Waals surface area contributed by atoms with E-state index in [0.29, 0.717) is 12.0 Å². The van der Waals surface area contributed by atoms with Crippen LogP contribution in [0.2, 0.25) is 0 Å². The van der Waals surface area contributed by atoms with Crippen molar-refractivity contribution in [2.75, 3.05) is 37.6 Å². The van der Waals surface area contributed by atoms with Gasteiger partial charge in [-0.1, -0.05) is 27.2 Å². The maximum atomic E-state index is 12.5. The van der Waals surface area contributed by atoms with Gasteiger partial charge in [-0.15, -0.1) is 0 Å². The number of hydrogen-bond donors (Lipinski definition) is 2. The monoisotopic (exact) mass is 497 g/mol. The Morgan fingerprint density at radius 3 is 2.33 bits per heavy atom. The maximum absolute atomic E-state index is 12.5. The molecular formula is C29H47N5O2. The van der Waals surface area contributed by atoms with Crippen LogP contribution in [0.4, 0.5) is 5.82 Å². The summed E-state index contributed by atoms with van der Waals surface area (Å²) in [4.78, 5) is 27.6. The molecular weight excluding hydrogens is 450 g/mol. The van der Waals surface area contributed by atoms with E-state index in [0.717, 1.165) is 88.8 Å². The molecule has 0 aromatic carbocycles. The molecule has 7 nitrogen and oxygen atoms in total. The number of carbonyl (C=O) groups excluding carboxylic acids is 1. The van der Waals surface area contributed by atoms with E-state index in [1.54, 1.807) is 0 Å². The van der Waals surface area contributed by atoms with E-state index < -0.39 is 0 Å². The number of amides is 1. The minimum Gasteiger partial charge on any atom is -0.393 e. The highest BCUT2D eigenvalue weighted by molar-refractivity contribution is 5.79. The summed E-state index contributed by atoms with van der Waals surface area (Å²) in [5.41, 5.74) is 1.22. The molecule has 2 heterocycles. The minimum atomic E-state index is -0.198. The molecule has 0 unspecified atom stereocenters. The molecule has 200 valence electrons. The summed E-state index contributed by atoms with van der Waals surface area (Å²) >= 11 is 0. The van der Waals surface area contributed by atoms with Crippen molar-refractivity contribution in [1.29, 1.82) is 0 Å². The van der Waals surface area contributed by atoms with Crippen LogP contribution in [0.25, 0.3) is 0 Å². The summed E-state index contributed by atoms with van der Waals surface area (Å²) in [6.07, 6.45) is 10.4. The molecule has 0 bridgehead atoms. The molecule has 3 saturated carbocycles. The van der Waals surface area contributed by atoms with Crippen molar-refractivity contribution >= 4 is 11.7 Å². The first-order valence-electron chi connectivity index (χ1n) is 14.6. The Balaban J connectivity index is 1.04. The molecule has 5 rings (SSSR count). The van der Waals surface area contributed by atoms with Crippen LogP contribution < -0.4 is 10.2 Å². The molecule has 1 aromatic heterocycles. The molecule has 1 amide bonds. The fourth-order valence-electron chi connectivity index (χ4n) is 6.18. The second-order valence-electron chi connectivity index (χ2n) is 13.0. The van der Waals surface area contributed by atoms with Crippen LogP contribution >= 0.6 is 0 Å². The van der Waals surface area contributed by atoms with E-state index in [2.05, 4.69) is 42.0 Å². The number of anilines is 1. The fourth-order valence-corrected chi connectivity index (χ4v) is 6.18. The van der Waals surface area contributed by atoms with Crippen LogP contribution in [0, 0.1) is 11.8 Å². The smallest absolute Gasteiger partial charge is 0.223 e. The summed E-state index contributed by atoms with van der Waals surface area (Å²) in [5.74, 6) is 3.81. The molecule has 0 radical (unpaired) electrons. The number of hydrogen-bond acceptors (Lipinski definition) is 6. The first-order valence-corrected chi connectivity index (χ1v) is 14.6. The van der Waals surface area contributed by atoms with Crippen LogP contribution in [0.3, 0.4) is 0 Å². The van der Waals surface area contributed by atoms with Crippen LogP contribution in [-0.4, -0.2) is 70.8 Å². The molecule has 0 atom stereocenters. The lowest BCUT2D eigenvalue weighted by Gasteiger charge is -2.40. The zero-order valence-corrected chi connectivity index (χ0v) is 22.7. The summed E-state index contributed by atoms with van der Waals surface area (Å²) in [7, 11) is 0. The fraction of sp³-hybridized carbons (Fsp3) is 0.828. The highest BCUT2D eigenvalue weighted by Crippen LogP contribution is 2.37. The Morgan fingerprint density at radius 1 is 1.03 bits per heavy atom. The summed E-state index contributed by atoms with van der Waals surface area (Å²) < 4.78 is 0. The van der Waals surface area contributed by atoms with Gasteiger partial charge >= 0.3 is 0 Å². The first kappa shape index (κ1) is 25.9. The predicted octanol–water partition coefficient (Wildman–Crippen LogP) is 4.00. The number of carbonyl (C=O) groups is 1. The number of aromatic nitrogens is 2. The maximum Gasteiger partial charge on any atom is 0.223 e. The third-order valence-corrected chi connectivity index (χ3v) is 9.13. The van der Waals surface area contributed by atoms with Crippen molar-refractivity contribution in [2.45, 2.75) is 108 Å². The highest BCUT2D eigenvalue weighted by Gasteiger charge is 2.34. The third kappa shape index (κ3) is 6.21. The van der Waals surface area contributed by atoms with Crippen molar-refractivity contribution < 1.29 is 9.90 Å². The Kier molecular flexibility index (Phi) is 7.87. The van der Waals surface area contributed by atoms with Gasteiger partial charge in [0.25, 0.3) is 0 Å². The molecule has 3 aliphatic carbocycles. The van der Waals surface area contributed by atoms with Gasteiger partial charge in [-0.05, 0) is 70.3 Å². The van der Waals surface area contributed by atoms with E-state index in [-0.39, 0.29) is 23.3 Å². The molecule has 2 N–H and O–H groups in total. The average Bonchev–Trinajstić information content (AvgIpc) is 2.79. The molecule has 4 aliphatic rings. The molecule has 36 heavy (non-hydrogen) atoms. The number of nitrogens with one attached hydrogen (secondary N) is 1. The summed E-state index contributed by atoms with van der Waals surface area (Å²) in [6, 6.07) is 2.64. The van der Waals surface area contributed by atoms with Gasteiger partial charge in [0.15, 0.2) is 0 Å². The second-order valence-corrected chi connectivity index (χ2v) is 13.0. The number of nitrogens with zero attached hydrogens (tertiary/aromatic N) is 4. The molecule has 0 spiro atoms. The van der Waals surface area contributed by atoms with Gasteiger partial charge in [-0.3, -0.25) is 9.69 Å². The highest BCUT2D eigenvalue weighted by atomic mass is 16.3. The Hall–Kier alpha value is -1.73. The van der Waals surface area contributed by atoms with Crippen LogP contribution in [0.5, 0.6) is 0 Å². The van der Waals surface area contributed by atoms with Crippen molar-refractivity contribution in [3.8, 4) is 0 Å². The Labute approximate surface area is 217 Å². The Bertz CT molecular complexity index is 889. The lowest BCUT2D eigenvalue weighted by Crippen LogP contribution is -2.49. The first-order chi connectivity index (χ1) is 17.2. The van der Waals surface area contributed by atoms with Crippen LogP contribution in [-0.2, 0) is 10.2 Å². The van der Waals surface area contributed by atoms with Gasteiger partial charge in [0.2, 0.25) is 5.91 Å². The van der Waals surface area contributed by atoms with Crippen LogP contribution in [0.1, 0.15) is 102 Å². The predicted molar refractivity (Wildman–Crippen MR) is 143 cm³/mol. The van der Waals surface area contributed by atoms with Crippen molar-refractivity contribution in [3.63, 3.8) is 0 Å². The summed E-state index contributed by atoms with van der Waals surface area (Å²) in [5, 5.41) is 12.9. The summed E-state index contributed by atoms with van der Waals surface area (Å²) in [6.45, 7) is 12.0. The van der Waals surface area contributed by atoms with E-state index in [9.17, 15) is 9.90 Å². The quantitative estimate of drug-likeness (QED) is 0.593. The molecule has 1 aliphatic heterocycles. The zero-order valence-electron chi connectivity index (χ0n) is 22.7. The molecule has 4 fully saturated rings. The lowest BCUT2D eigenvalue weighted by molar-refractivity contribution is -0.128. The molecule has 1 aromatic rings. The van der Waals surface area contributed by atoms with Gasteiger partial charge < -0.3 is 15.3 Å². The Morgan fingerprint density at radius 2 is 1.72 bits per heavy atom. The van der Waals surface area contributed by atoms with Gasteiger partial charge in [-0.25, -0.2) is 9.97 Å². The zero-order chi connectivity index (χ0) is 25.3. The van der Waals surface area contributed by atoms with Gasteiger partial charge in [0.1, 0.15) is 11.6 Å². The van der Waals surface area contributed by atoms with Crippen molar-refractivity contribution in [1.82, 2.24) is 20.2 Å². The normalized spacial score (nSPS) is 29.9. The third-order valence-electron chi connectivity index (χ3n) is 9.13. The SMILES string of the molecule is CC(C)(C)c1nc(C2CCC2)cc(N2CCN(CC[C@H]3C[C@@H](NC(=O)[C@H]4CC[C@@H](O)CC4)C3)CC2)n1. The number of piperazine rings is 1.